The van der Waals surface area contributed by atoms with Gasteiger partial charge in [0.15, 0.2) is 23.0 Å². The standard InChI is InChI=1S/C25H31F3O4.C16H13F3O4/c1-31-22-17-21(24(29)30)16-20(23(22)32-18-19-12-8-7-9-13-19)14-10-5-3-2-4-6-11-15-25(26,27)28;1-22-13-8-11(15(20)21)7-12(16(17,18)19)14(13)23-9-10-5-3-2-4-6-10/h7-9,12-13,16-17H,2-6,10-11,14-15,18H2,1H3,(H,29,30);2-8H,9H2,1H3,(H,20,21). The summed E-state index contributed by atoms with van der Waals surface area (Å²) >= 11 is 0. The van der Waals surface area contributed by atoms with Gasteiger partial charge in [0, 0.05) is 6.42 Å². The van der Waals surface area contributed by atoms with Crippen molar-refractivity contribution in [2.45, 2.75) is 83.4 Å². The molecule has 4 rings (SSSR count). The lowest BCUT2D eigenvalue weighted by Crippen LogP contribution is -2.12. The van der Waals surface area contributed by atoms with Crippen molar-refractivity contribution >= 4 is 11.9 Å². The highest BCUT2D eigenvalue weighted by molar-refractivity contribution is 5.89. The quantitative estimate of drug-likeness (QED) is 0.0715. The molecule has 8 nitrogen and oxygen atoms in total. The third-order valence-electron chi connectivity index (χ3n) is 8.28. The van der Waals surface area contributed by atoms with Gasteiger partial charge >= 0.3 is 24.3 Å². The molecule has 0 heterocycles. The van der Waals surface area contributed by atoms with Gasteiger partial charge in [-0.05, 0) is 60.2 Å². The average molecular weight is 779 g/mol. The van der Waals surface area contributed by atoms with E-state index in [-0.39, 0.29) is 24.3 Å². The topological polar surface area (TPSA) is 112 Å². The van der Waals surface area contributed by atoms with Gasteiger partial charge in [0.2, 0.25) is 0 Å². The van der Waals surface area contributed by atoms with Crippen molar-refractivity contribution in [3.8, 4) is 23.0 Å². The molecule has 0 aliphatic carbocycles. The second-order valence-corrected chi connectivity index (χ2v) is 12.5. The van der Waals surface area contributed by atoms with Gasteiger partial charge in [-0.1, -0.05) is 92.8 Å². The van der Waals surface area contributed by atoms with E-state index in [0.29, 0.717) is 42.6 Å². The molecule has 14 heteroatoms. The number of aromatic carboxylic acids is 2. The molecule has 0 amide bonds. The zero-order valence-electron chi connectivity index (χ0n) is 30.5. The molecule has 0 unspecified atom stereocenters. The number of benzene rings is 4. The predicted molar refractivity (Wildman–Crippen MR) is 193 cm³/mol. The molecule has 0 radical (unpaired) electrons. The Kier molecular flexibility index (Phi) is 17.2. The second-order valence-electron chi connectivity index (χ2n) is 12.5. The molecule has 0 atom stereocenters. The molecule has 4 aromatic rings. The molecule has 0 aromatic heterocycles. The summed E-state index contributed by atoms with van der Waals surface area (Å²) < 4.78 is 97.6. The molecule has 4 aromatic carbocycles. The third-order valence-corrected chi connectivity index (χ3v) is 8.28. The second kappa shape index (κ2) is 21.5. The van der Waals surface area contributed by atoms with E-state index in [0.717, 1.165) is 56.4 Å². The third kappa shape index (κ3) is 15.1. The van der Waals surface area contributed by atoms with Crippen molar-refractivity contribution in [2.75, 3.05) is 14.2 Å². The number of methoxy groups -OCH3 is 2. The number of hydrogen-bond acceptors (Lipinski definition) is 6. The maximum Gasteiger partial charge on any atom is 0.420 e. The molecule has 55 heavy (non-hydrogen) atoms. The molecule has 0 spiro atoms. The Morgan fingerprint density at radius 2 is 1.02 bits per heavy atom. The summed E-state index contributed by atoms with van der Waals surface area (Å²) in [5.41, 5.74) is 0.876. The SMILES string of the molecule is COc1cc(C(=O)O)cc(C(F)(F)F)c1OCc1ccccc1.COc1cc(C(=O)O)cc(CCCCCCCCCC(F)(F)F)c1OCc1ccccc1. The van der Waals surface area contributed by atoms with E-state index in [9.17, 15) is 41.0 Å². The highest BCUT2D eigenvalue weighted by Crippen LogP contribution is 2.43. The van der Waals surface area contributed by atoms with Crippen LogP contribution in [0.3, 0.4) is 0 Å². The number of aryl methyl sites for hydroxylation is 1. The zero-order valence-corrected chi connectivity index (χ0v) is 30.5. The van der Waals surface area contributed by atoms with Crippen molar-refractivity contribution in [1.29, 1.82) is 0 Å². The minimum atomic E-state index is -4.77. The van der Waals surface area contributed by atoms with Crippen LogP contribution < -0.4 is 18.9 Å². The van der Waals surface area contributed by atoms with Gasteiger partial charge in [0.05, 0.1) is 25.3 Å². The number of rotatable bonds is 19. The lowest BCUT2D eigenvalue weighted by Gasteiger charge is -2.18. The summed E-state index contributed by atoms with van der Waals surface area (Å²) in [6.45, 7) is 0.237. The van der Waals surface area contributed by atoms with Gasteiger partial charge < -0.3 is 29.2 Å². The van der Waals surface area contributed by atoms with Crippen LogP contribution in [0.15, 0.2) is 84.9 Å². The maximum absolute atomic E-state index is 13.2. The Hall–Kier alpha value is -5.40. The number of hydrogen-bond donors (Lipinski definition) is 2. The molecule has 0 saturated heterocycles. The number of halogens is 6. The average Bonchev–Trinajstić information content (AvgIpc) is 3.15. The summed E-state index contributed by atoms with van der Waals surface area (Å²) in [7, 11) is 2.63. The normalized spacial score (nSPS) is 11.3. The minimum Gasteiger partial charge on any atom is -0.493 e. The molecular weight excluding hydrogens is 734 g/mol. The largest absolute Gasteiger partial charge is 0.493 e. The van der Waals surface area contributed by atoms with Crippen LogP contribution in [0, 0.1) is 0 Å². The van der Waals surface area contributed by atoms with Crippen LogP contribution in [0.5, 0.6) is 23.0 Å². The summed E-state index contributed by atoms with van der Waals surface area (Å²) in [5, 5.41) is 18.4. The number of carboxylic acids is 2. The Labute approximate surface area is 315 Å². The molecule has 2 N–H and O–H groups in total. The molecule has 0 saturated carbocycles. The number of alkyl halides is 6. The molecule has 0 fully saturated rings. The fourth-order valence-electron chi connectivity index (χ4n) is 5.51. The first-order chi connectivity index (χ1) is 26.1. The highest BCUT2D eigenvalue weighted by Gasteiger charge is 2.37. The van der Waals surface area contributed by atoms with Gasteiger partial charge in [-0.3, -0.25) is 0 Å². The summed E-state index contributed by atoms with van der Waals surface area (Å²) in [6.07, 6.45) is -3.76. The Morgan fingerprint density at radius 1 is 0.582 bits per heavy atom. The molecular formula is C41H44F6O8. The fourth-order valence-corrected chi connectivity index (χ4v) is 5.51. The lowest BCUT2D eigenvalue weighted by molar-refractivity contribution is -0.139. The van der Waals surface area contributed by atoms with Gasteiger partial charge in [0.25, 0.3) is 0 Å². The first-order valence-corrected chi connectivity index (χ1v) is 17.5. The van der Waals surface area contributed by atoms with Gasteiger partial charge in [-0.2, -0.15) is 26.3 Å². The van der Waals surface area contributed by atoms with Crippen molar-refractivity contribution in [3.63, 3.8) is 0 Å². The van der Waals surface area contributed by atoms with E-state index < -0.39 is 47.6 Å². The minimum absolute atomic E-state index is 0.104. The number of ether oxygens (including phenoxy) is 4. The molecule has 0 aliphatic heterocycles. The van der Waals surface area contributed by atoms with Crippen molar-refractivity contribution < 1.29 is 65.1 Å². The smallest absolute Gasteiger partial charge is 0.420 e. The molecule has 298 valence electrons. The Bertz CT molecular complexity index is 1800. The number of carboxylic acid groups (broad SMARTS) is 2. The zero-order chi connectivity index (χ0) is 40.4. The highest BCUT2D eigenvalue weighted by atomic mass is 19.4. The van der Waals surface area contributed by atoms with Crippen LogP contribution in [-0.2, 0) is 25.8 Å². The molecule has 0 bridgehead atoms. The van der Waals surface area contributed by atoms with E-state index in [1.807, 2.05) is 30.3 Å². The Morgan fingerprint density at radius 3 is 1.47 bits per heavy atom. The van der Waals surface area contributed by atoms with Crippen LogP contribution in [0.1, 0.15) is 94.3 Å². The van der Waals surface area contributed by atoms with Crippen LogP contribution in [0.25, 0.3) is 0 Å². The van der Waals surface area contributed by atoms with Crippen LogP contribution >= 0.6 is 0 Å². The number of carbonyl (C=O) groups is 2. The van der Waals surface area contributed by atoms with E-state index >= 15 is 0 Å². The van der Waals surface area contributed by atoms with Crippen molar-refractivity contribution in [2.24, 2.45) is 0 Å². The summed E-state index contributed by atoms with van der Waals surface area (Å²) in [6, 6.07) is 22.9. The Balaban J connectivity index is 0.000000311. The fraction of sp³-hybridized carbons (Fsp3) is 0.366. The van der Waals surface area contributed by atoms with E-state index in [1.54, 1.807) is 36.4 Å². The van der Waals surface area contributed by atoms with E-state index in [4.69, 9.17) is 24.1 Å². The first kappa shape index (κ1) is 44.0. The predicted octanol–water partition coefficient (Wildman–Crippen LogP) is 11.2. The summed E-state index contributed by atoms with van der Waals surface area (Å²) in [4.78, 5) is 22.5. The van der Waals surface area contributed by atoms with Gasteiger partial charge in [-0.25, -0.2) is 9.59 Å². The number of unbranched alkanes of at least 4 members (excludes halogenated alkanes) is 6. The summed E-state index contributed by atoms with van der Waals surface area (Å²) in [5.74, 6) is -2.39. The van der Waals surface area contributed by atoms with Crippen LogP contribution in [0.2, 0.25) is 0 Å². The van der Waals surface area contributed by atoms with Crippen LogP contribution in [0.4, 0.5) is 26.3 Å². The van der Waals surface area contributed by atoms with Crippen LogP contribution in [-0.4, -0.2) is 42.5 Å². The van der Waals surface area contributed by atoms with Crippen molar-refractivity contribution in [1.82, 2.24) is 0 Å². The van der Waals surface area contributed by atoms with Gasteiger partial charge in [0.1, 0.15) is 18.8 Å². The van der Waals surface area contributed by atoms with Gasteiger partial charge in [-0.15, -0.1) is 0 Å². The lowest BCUT2D eigenvalue weighted by atomic mass is 10.0. The first-order valence-electron chi connectivity index (χ1n) is 17.5. The monoisotopic (exact) mass is 778 g/mol. The van der Waals surface area contributed by atoms with E-state index in [1.165, 1.54) is 13.2 Å². The molecule has 0 aliphatic rings. The van der Waals surface area contributed by atoms with Crippen molar-refractivity contribution in [3.05, 3.63) is 118 Å². The maximum atomic E-state index is 13.2. The van der Waals surface area contributed by atoms with E-state index in [2.05, 4.69) is 0 Å².